The third-order valence-electron chi connectivity index (χ3n) is 6.36. The molecule has 0 unspecified atom stereocenters. The molecule has 0 spiro atoms. The van der Waals surface area contributed by atoms with E-state index in [4.69, 9.17) is 9.47 Å². The number of nitrogens with zero attached hydrogens (tertiary/aromatic N) is 4. The van der Waals surface area contributed by atoms with Gasteiger partial charge in [-0.3, -0.25) is 10.2 Å². The van der Waals surface area contributed by atoms with Crippen LogP contribution in [-0.2, 0) is 4.74 Å². The number of nitriles is 1. The molecule has 1 aliphatic rings. The lowest BCUT2D eigenvalue weighted by Crippen LogP contribution is -2.26. The van der Waals surface area contributed by atoms with Gasteiger partial charge in [0.2, 0.25) is 0 Å². The smallest absolute Gasteiger partial charge is 0.411 e. The van der Waals surface area contributed by atoms with Crippen LogP contribution in [0.2, 0.25) is 0 Å². The molecule has 0 radical (unpaired) electrons. The second kappa shape index (κ2) is 11.0. The zero-order valence-corrected chi connectivity index (χ0v) is 20.6. The van der Waals surface area contributed by atoms with Crippen molar-refractivity contribution in [3.8, 4) is 17.6 Å². The molecule has 9 heteroatoms. The van der Waals surface area contributed by atoms with Gasteiger partial charge in [-0.1, -0.05) is 18.2 Å². The normalized spacial score (nSPS) is 13.3. The Hall–Kier alpha value is -4.55. The van der Waals surface area contributed by atoms with Crippen molar-refractivity contribution in [2.45, 2.75) is 19.8 Å². The number of carbonyl (C=O) groups is 1. The summed E-state index contributed by atoms with van der Waals surface area (Å²) in [5, 5.41) is 20.3. The van der Waals surface area contributed by atoms with Gasteiger partial charge in [0.1, 0.15) is 24.2 Å². The summed E-state index contributed by atoms with van der Waals surface area (Å²) in [6.45, 7) is 5.06. The Labute approximate surface area is 215 Å². The van der Waals surface area contributed by atoms with E-state index in [9.17, 15) is 10.1 Å². The molecule has 1 saturated heterocycles. The lowest BCUT2D eigenvalue weighted by Gasteiger charge is -2.14. The summed E-state index contributed by atoms with van der Waals surface area (Å²) < 4.78 is 12.9. The summed E-state index contributed by atoms with van der Waals surface area (Å²) in [6, 6.07) is 19.2. The molecule has 1 amide bonds. The van der Waals surface area contributed by atoms with Crippen LogP contribution < -0.4 is 15.4 Å². The topological polar surface area (TPSA) is 104 Å². The first-order valence-corrected chi connectivity index (χ1v) is 12.3. The molecule has 1 fully saturated rings. The number of fused-ring (bicyclic) bond motifs is 1. The Balaban J connectivity index is 1.31. The Morgan fingerprint density at radius 2 is 1.81 bits per heavy atom. The predicted octanol–water partition coefficient (Wildman–Crippen LogP) is 5.69. The first-order chi connectivity index (χ1) is 18.1. The Morgan fingerprint density at radius 3 is 2.54 bits per heavy atom. The maximum Gasteiger partial charge on any atom is 0.411 e. The number of aromatic nitrogens is 2. The molecule has 9 nitrogen and oxygen atoms in total. The molecule has 1 aliphatic heterocycles. The van der Waals surface area contributed by atoms with Gasteiger partial charge < -0.3 is 14.8 Å². The molecule has 0 aliphatic carbocycles. The largest absolute Gasteiger partial charge is 0.457 e. The van der Waals surface area contributed by atoms with Crippen LogP contribution in [0.4, 0.5) is 21.9 Å². The molecule has 2 N–H and O–H groups in total. The molecule has 0 atom stereocenters. The van der Waals surface area contributed by atoms with Crippen LogP contribution in [-0.4, -0.2) is 46.8 Å². The third kappa shape index (κ3) is 5.66. The minimum atomic E-state index is -0.512. The summed E-state index contributed by atoms with van der Waals surface area (Å²) in [7, 11) is 0. The second-order valence-electron chi connectivity index (χ2n) is 8.88. The number of likely N-dealkylation sites (tertiary alicyclic amines) is 1. The Morgan fingerprint density at radius 1 is 1.08 bits per heavy atom. The average molecular weight is 497 g/mol. The van der Waals surface area contributed by atoms with Crippen LogP contribution in [0.1, 0.15) is 24.0 Å². The number of rotatable bonds is 8. The van der Waals surface area contributed by atoms with Crippen molar-refractivity contribution in [1.82, 2.24) is 14.5 Å². The summed E-state index contributed by atoms with van der Waals surface area (Å²) in [5.74, 6) is 1.45. The van der Waals surface area contributed by atoms with Gasteiger partial charge in [0.05, 0.1) is 34.8 Å². The number of carbonyl (C=O) groups excluding carboxylic acids is 1. The number of aryl methyl sites for hydroxylation is 1. The molecule has 0 saturated carbocycles. The van der Waals surface area contributed by atoms with Crippen LogP contribution in [0.3, 0.4) is 0 Å². The van der Waals surface area contributed by atoms with E-state index in [0.29, 0.717) is 34.8 Å². The summed E-state index contributed by atoms with van der Waals surface area (Å²) in [4.78, 5) is 14.7. The highest BCUT2D eigenvalue weighted by Gasteiger charge is 2.18. The van der Waals surface area contributed by atoms with Gasteiger partial charge in [-0.15, -0.1) is 0 Å². The minimum Gasteiger partial charge on any atom is -0.457 e. The lowest BCUT2D eigenvalue weighted by atomic mass is 10.1. The maximum atomic E-state index is 12.4. The number of amides is 1. The van der Waals surface area contributed by atoms with Gasteiger partial charge in [0.25, 0.3) is 0 Å². The summed E-state index contributed by atoms with van der Waals surface area (Å²) in [5.41, 5.74) is 3.80. The molecule has 4 aromatic rings. The van der Waals surface area contributed by atoms with E-state index in [1.54, 1.807) is 10.7 Å². The molecule has 3 heterocycles. The van der Waals surface area contributed by atoms with Gasteiger partial charge >= 0.3 is 6.09 Å². The second-order valence-corrected chi connectivity index (χ2v) is 8.88. The van der Waals surface area contributed by atoms with Gasteiger partial charge in [0, 0.05) is 17.8 Å². The fraction of sp³-hybridized carbons (Fsp3) is 0.250. The molecule has 2 aromatic heterocycles. The lowest BCUT2D eigenvalue weighted by molar-refractivity contribution is 0.146. The number of nitrogens with one attached hydrogen (secondary N) is 2. The van der Waals surface area contributed by atoms with E-state index in [-0.39, 0.29) is 0 Å². The summed E-state index contributed by atoms with van der Waals surface area (Å²) in [6.07, 6.45) is 5.10. The van der Waals surface area contributed by atoms with Crippen molar-refractivity contribution >= 4 is 28.7 Å². The predicted molar refractivity (Wildman–Crippen MR) is 142 cm³/mol. The fourth-order valence-corrected chi connectivity index (χ4v) is 4.42. The van der Waals surface area contributed by atoms with Crippen molar-refractivity contribution in [3.05, 3.63) is 78.1 Å². The highest BCUT2D eigenvalue weighted by atomic mass is 16.5. The van der Waals surface area contributed by atoms with Crippen molar-refractivity contribution in [2.75, 3.05) is 36.9 Å². The zero-order valence-electron chi connectivity index (χ0n) is 20.6. The SMILES string of the molecule is Cc1c(NC(=O)OCCN2CCCC2)cn2ncc(C#N)c(Nc3ccc(Oc4ccccc4)cc3)c12. The molecular weight excluding hydrogens is 468 g/mol. The van der Waals surface area contributed by atoms with Crippen molar-refractivity contribution < 1.29 is 14.3 Å². The maximum absolute atomic E-state index is 12.4. The van der Waals surface area contributed by atoms with Crippen molar-refractivity contribution in [2.24, 2.45) is 0 Å². The number of hydrogen-bond donors (Lipinski definition) is 2. The average Bonchev–Trinajstić information content (AvgIpc) is 3.54. The first-order valence-electron chi connectivity index (χ1n) is 12.3. The van der Waals surface area contributed by atoms with E-state index in [1.165, 1.54) is 19.0 Å². The van der Waals surface area contributed by atoms with Crippen LogP contribution in [0.25, 0.3) is 5.52 Å². The van der Waals surface area contributed by atoms with E-state index in [1.807, 2.05) is 61.5 Å². The third-order valence-corrected chi connectivity index (χ3v) is 6.36. The molecule has 188 valence electrons. The first kappa shape index (κ1) is 24.2. The molecular formula is C28H28N6O3. The van der Waals surface area contributed by atoms with Crippen LogP contribution in [0.5, 0.6) is 11.5 Å². The van der Waals surface area contributed by atoms with Crippen LogP contribution in [0.15, 0.2) is 67.0 Å². The van der Waals surface area contributed by atoms with Gasteiger partial charge in [-0.25, -0.2) is 9.31 Å². The standard InChI is InChI=1S/C28H28N6O3/c1-20-25(32-28(35)36-16-15-33-13-5-6-14-33)19-34-27(20)26(21(17-29)18-30-34)31-22-9-11-24(12-10-22)37-23-7-3-2-4-8-23/h2-4,7-12,18-19,31H,5-6,13-16H2,1H3,(H,32,35). The van der Waals surface area contributed by atoms with Crippen LogP contribution in [0, 0.1) is 18.3 Å². The molecule has 0 bridgehead atoms. The molecule has 2 aromatic carbocycles. The highest BCUT2D eigenvalue weighted by molar-refractivity contribution is 5.92. The minimum absolute atomic E-state index is 0.339. The fourth-order valence-electron chi connectivity index (χ4n) is 4.42. The number of anilines is 3. The number of para-hydroxylation sites is 1. The Kier molecular flexibility index (Phi) is 7.19. The number of hydrogen-bond acceptors (Lipinski definition) is 7. The quantitative estimate of drug-likeness (QED) is 0.323. The van der Waals surface area contributed by atoms with E-state index >= 15 is 0 Å². The highest BCUT2D eigenvalue weighted by Crippen LogP contribution is 2.33. The van der Waals surface area contributed by atoms with E-state index < -0.39 is 6.09 Å². The van der Waals surface area contributed by atoms with E-state index in [2.05, 4.69) is 26.7 Å². The van der Waals surface area contributed by atoms with Crippen molar-refractivity contribution in [1.29, 1.82) is 5.26 Å². The van der Waals surface area contributed by atoms with Gasteiger partial charge in [0.15, 0.2) is 0 Å². The Bertz CT molecular complexity index is 1420. The van der Waals surface area contributed by atoms with Crippen LogP contribution >= 0.6 is 0 Å². The van der Waals surface area contributed by atoms with Gasteiger partial charge in [-0.2, -0.15) is 10.4 Å². The zero-order chi connectivity index (χ0) is 25.6. The van der Waals surface area contributed by atoms with Crippen molar-refractivity contribution in [3.63, 3.8) is 0 Å². The number of ether oxygens (including phenoxy) is 2. The summed E-state index contributed by atoms with van der Waals surface area (Å²) >= 11 is 0. The van der Waals surface area contributed by atoms with Gasteiger partial charge in [-0.05, 0) is 69.3 Å². The monoisotopic (exact) mass is 496 g/mol. The van der Waals surface area contributed by atoms with E-state index in [0.717, 1.165) is 36.6 Å². The number of benzene rings is 2. The molecule has 37 heavy (non-hydrogen) atoms. The molecule has 5 rings (SSSR count).